The van der Waals surface area contributed by atoms with Crippen molar-refractivity contribution >= 4 is 0 Å². The number of hydrogen-bond donors (Lipinski definition) is 1. The molecule has 0 fully saturated rings. The fraction of sp³-hybridized carbons (Fsp3) is 0.750. The maximum absolute atomic E-state index is 5.43. The van der Waals surface area contributed by atoms with Crippen LogP contribution in [-0.2, 0) is 0 Å². The summed E-state index contributed by atoms with van der Waals surface area (Å²) in [6.45, 7) is 3.98. The van der Waals surface area contributed by atoms with E-state index in [1.54, 1.807) is 0 Å². The lowest BCUT2D eigenvalue weighted by Crippen LogP contribution is -2.30. The van der Waals surface area contributed by atoms with Crippen molar-refractivity contribution in [2.75, 3.05) is 26.2 Å². The lowest BCUT2D eigenvalue weighted by atomic mass is 10.4. The van der Waals surface area contributed by atoms with Crippen LogP contribution >= 0.6 is 0 Å². The first-order valence-electron chi connectivity index (χ1n) is 3.81. The van der Waals surface area contributed by atoms with Gasteiger partial charge in [-0.25, -0.2) is 0 Å². The molecule has 0 atom stereocenters. The average Bonchev–Trinajstić information content (AvgIpc) is 2.17. The Morgan fingerprint density at radius 3 is 2.30 bits per heavy atom. The molecule has 0 saturated carbocycles. The monoisotopic (exact) mass is 138 g/mol. The van der Waals surface area contributed by atoms with Crippen molar-refractivity contribution in [1.29, 1.82) is 0 Å². The lowest BCUT2D eigenvalue weighted by molar-refractivity contribution is 0.298. The molecule has 0 aromatic heterocycles. The smallest absolute Gasteiger partial charge is 0.0217 e. The molecule has 1 aliphatic rings. The van der Waals surface area contributed by atoms with Gasteiger partial charge in [-0.2, -0.15) is 0 Å². The Labute approximate surface area is 62.4 Å². The van der Waals surface area contributed by atoms with Crippen LogP contribution in [0.1, 0.15) is 12.8 Å². The second-order valence-corrected chi connectivity index (χ2v) is 2.48. The Hall–Kier alpha value is -0.520. The van der Waals surface area contributed by atoms with Crippen LogP contribution in [-0.4, -0.2) is 31.1 Å². The fourth-order valence-electron chi connectivity index (χ4n) is 1.12. The second kappa shape index (κ2) is 4.32. The Balaban J connectivity index is 2.22. The first-order chi connectivity index (χ1) is 4.93. The molecular weight excluding hydrogens is 124 g/mol. The number of nitrogens with two attached hydrogens (primary N) is 1. The van der Waals surface area contributed by atoms with Crippen LogP contribution in [0.2, 0.25) is 0 Å². The highest BCUT2D eigenvalue weighted by Crippen LogP contribution is 1.95. The van der Waals surface area contributed by atoms with E-state index in [1.165, 1.54) is 0 Å². The van der Waals surface area contributed by atoms with E-state index in [9.17, 15) is 0 Å². The van der Waals surface area contributed by atoms with Crippen molar-refractivity contribution in [1.82, 2.24) is 4.90 Å². The number of hydrogen-bond acceptors (Lipinski definition) is 2. The molecular formula is C8H14N2. The van der Waals surface area contributed by atoms with Crippen LogP contribution in [0.15, 0.2) is 0 Å². The minimum Gasteiger partial charge on any atom is -0.329 e. The van der Waals surface area contributed by atoms with Gasteiger partial charge in [0.15, 0.2) is 0 Å². The third kappa shape index (κ3) is 2.38. The minimum atomic E-state index is 0.764. The zero-order chi connectivity index (χ0) is 7.23. The van der Waals surface area contributed by atoms with Gasteiger partial charge in [0.05, 0.1) is 0 Å². The van der Waals surface area contributed by atoms with E-state index in [-0.39, 0.29) is 0 Å². The molecule has 0 saturated heterocycles. The predicted octanol–water partition coefficient (Wildman–Crippen LogP) is 0.0443. The zero-order valence-corrected chi connectivity index (χ0v) is 6.27. The molecule has 0 radical (unpaired) electrons. The van der Waals surface area contributed by atoms with Crippen molar-refractivity contribution in [3.63, 3.8) is 0 Å². The Bertz CT molecular complexity index is 131. The van der Waals surface area contributed by atoms with E-state index >= 15 is 0 Å². The quantitative estimate of drug-likeness (QED) is 0.546. The summed E-state index contributed by atoms with van der Waals surface area (Å²) in [5.74, 6) is 6.21. The molecule has 2 nitrogen and oxygen atoms in total. The van der Waals surface area contributed by atoms with Crippen LogP contribution in [0.4, 0.5) is 0 Å². The average molecular weight is 138 g/mol. The summed E-state index contributed by atoms with van der Waals surface area (Å²) in [5.41, 5.74) is 5.43. The molecule has 1 rings (SSSR count). The van der Waals surface area contributed by atoms with Crippen LogP contribution in [0.25, 0.3) is 0 Å². The SMILES string of the molecule is NCCN1CCC#CCC1. The second-order valence-electron chi connectivity index (χ2n) is 2.48. The summed E-state index contributed by atoms with van der Waals surface area (Å²) in [6, 6.07) is 0. The van der Waals surface area contributed by atoms with Gasteiger partial charge >= 0.3 is 0 Å². The van der Waals surface area contributed by atoms with E-state index in [0.29, 0.717) is 0 Å². The van der Waals surface area contributed by atoms with E-state index in [0.717, 1.165) is 39.0 Å². The van der Waals surface area contributed by atoms with Crippen molar-refractivity contribution in [2.24, 2.45) is 5.73 Å². The summed E-state index contributed by atoms with van der Waals surface area (Å²) in [5, 5.41) is 0. The third-order valence-corrected chi connectivity index (χ3v) is 1.68. The van der Waals surface area contributed by atoms with Gasteiger partial charge in [0.25, 0.3) is 0 Å². The van der Waals surface area contributed by atoms with Crippen molar-refractivity contribution < 1.29 is 0 Å². The Morgan fingerprint density at radius 1 is 1.20 bits per heavy atom. The summed E-state index contributed by atoms with van der Waals surface area (Å²) in [6.07, 6.45) is 2.03. The van der Waals surface area contributed by atoms with E-state index in [1.807, 2.05) is 0 Å². The number of nitrogens with zero attached hydrogens (tertiary/aromatic N) is 1. The van der Waals surface area contributed by atoms with Crippen LogP contribution < -0.4 is 5.73 Å². The molecule has 0 amide bonds. The van der Waals surface area contributed by atoms with Crippen LogP contribution in [0.5, 0.6) is 0 Å². The third-order valence-electron chi connectivity index (χ3n) is 1.68. The van der Waals surface area contributed by atoms with Gasteiger partial charge in [-0.1, -0.05) is 0 Å². The first kappa shape index (κ1) is 7.59. The van der Waals surface area contributed by atoms with Gasteiger partial charge in [-0.05, 0) is 0 Å². The maximum atomic E-state index is 5.43. The van der Waals surface area contributed by atoms with Gasteiger partial charge in [-0.15, -0.1) is 11.8 Å². The molecule has 0 spiro atoms. The lowest BCUT2D eigenvalue weighted by Gasteiger charge is -2.17. The highest BCUT2D eigenvalue weighted by atomic mass is 15.1. The molecule has 56 valence electrons. The van der Waals surface area contributed by atoms with Gasteiger partial charge in [0, 0.05) is 39.0 Å². The Morgan fingerprint density at radius 2 is 1.80 bits per heavy atom. The van der Waals surface area contributed by atoms with E-state index in [2.05, 4.69) is 16.7 Å². The number of rotatable bonds is 2. The van der Waals surface area contributed by atoms with E-state index in [4.69, 9.17) is 5.73 Å². The summed E-state index contributed by atoms with van der Waals surface area (Å²) >= 11 is 0. The molecule has 2 N–H and O–H groups in total. The van der Waals surface area contributed by atoms with Gasteiger partial charge in [0.1, 0.15) is 0 Å². The molecule has 0 bridgehead atoms. The van der Waals surface area contributed by atoms with Crippen molar-refractivity contribution in [2.45, 2.75) is 12.8 Å². The molecule has 0 aliphatic carbocycles. The summed E-state index contributed by atoms with van der Waals surface area (Å²) in [4.78, 5) is 2.35. The fourth-order valence-corrected chi connectivity index (χ4v) is 1.12. The molecule has 1 heterocycles. The van der Waals surface area contributed by atoms with Crippen LogP contribution in [0, 0.1) is 11.8 Å². The first-order valence-corrected chi connectivity index (χ1v) is 3.81. The molecule has 10 heavy (non-hydrogen) atoms. The largest absolute Gasteiger partial charge is 0.329 e. The molecule has 0 aromatic rings. The Kier molecular flexibility index (Phi) is 3.28. The highest BCUT2D eigenvalue weighted by Gasteiger charge is 2.02. The van der Waals surface area contributed by atoms with Crippen molar-refractivity contribution in [3.05, 3.63) is 0 Å². The summed E-state index contributed by atoms with van der Waals surface area (Å²) in [7, 11) is 0. The molecule has 2 heteroatoms. The molecule has 0 aromatic carbocycles. The van der Waals surface area contributed by atoms with Gasteiger partial charge in [-0.3, -0.25) is 0 Å². The summed E-state index contributed by atoms with van der Waals surface area (Å²) < 4.78 is 0. The van der Waals surface area contributed by atoms with Crippen LogP contribution in [0.3, 0.4) is 0 Å². The topological polar surface area (TPSA) is 29.3 Å². The minimum absolute atomic E-state index is 0.764. The van der Waals surface area contributed by atoms with Gasteiger partial charge < -0.3 is 10.6 Å². The normalized spacial score (nSPS) is 19.3. The van der Waals surface area contributed by atoms with Gasteiger partial charge in [0.2, 0.25) is 0 Å². The standard InChI is InChI=1S/C8H14N2/c9-5-8-10-6-3-1-2-4-7-10/h3-9H2. The zero-order valence-electron chi connectivity index (χ0n) is 6.27. The van der Waals surface area contributed by atoms with E-state index < -0.39 is 0 Å². The molecule has 0 unspecified atom stereocenters. The maximum Gasteiger partial charge on any atom is 0.0217 e. The predicted molar refractivity (Wildman–Crippen MR) is 42.5 cm³/mol. The highest BCUT2D eigenvalue weighted by molar-refractivity contribution is 5.01. The van der Waals surface area contributed by atoms with Crippen molar-refractivity contribution in [3.8, 4) is 11.8 Å². The molecule has 1 aliphatic heterocycles.